The molecule has 0 aliphatic heterocycles. The molecule has 0 aromatic carbocycles. The molecule has 0 fully saturated rings. The first-order chi connectivity index (χ1) is 7.56. The lowest BCUT2D eigenvalue weighted by Gasteiger charge is -2.18. The summed E-state index contributed by atoms with van der Waals surface area (Å²) in [7, 11) is 0. The molecule has 4 heteroatoms. The Balaban J connectivity index is 4.23. The van der Waals surface area contributed by atoms with Gasteiger partial charge in [-0.15, -0.1) is 0 Å². The molecule has 0 heterocycles. The van der Waals surface area contributed by atoms with Crippen LogP contribution in [0.25, 0.3) is 0 Å². The first-order valence-electron chi connectivity index (χ1n) is 6.09. The van der Waals surface area contributed by atoms with Gasteiger partial charge in [0.15, 0.2) is 0 Å². The summed E-state index contributed by atoms with van der Waals surface area (Å²) in [5.74, 6) is -1.13. The lowest BCUT2D eigenvalue weighted by Crippen LogP contribution is -2.43. The maximum atomic E-state index is 11.8. The number of carbonyl (C=O) groups is 2. The summed E-state index contributed by atoms with van der Waals surface area (Å²) >= 11 is 0. The normalized spacial score (nSPS) is 14.2. The van der Waals surface area contributed by atoms with Crippen LogP contribution in [0.5, 0.6) is 0 Å². The van der Waals surface area contributed by atoms with E-state index < -0.39 is 12.0 Å². The third kappa shape index (κ3) is 5.14. The number of nitrogens with one attached hydrogen (secondary N) is 1. The molecular weight excluding hydrogens is 206 g/mol. The standard InChI is InChI=1S/C12H23NO3/c1-4-7-8-9(5-2)11(14)13-10(6-3)12(15)16/h9-10H,4-8H2,1-3H3,(H,13,14)(H,15,16)/t9?,10-/m0/s1. The zero-order chi connectivity index (χ0) is 12.6. The average molecular weight is 229 g/mol. The summed E-state index contributed by atoms with van der Waals surface area (Å²) in [5.41, 5.74) is 0. The van der Waals surface area contributed by atoms with Gasteiger partial charge < -0.3 is 10.4 Å². The fourth-order valence-corrected chi connectivity index (χ4v) is 1.60. The number of aliphatic carboxylic acids is 1. The van der Waals surface area contributed by atoms with Gasteiger partial charge in [0.05, 0.1) is 0 Å². The Morgan fingerprint density at radius 2 is 1.81 bits per heavy atom. The van der Waals surface area contributed by atoms with Gasteiger partial charge >= 0.3 is 5.97 Å². The number of hydrogen-bond acceptors (Lipinski definition) is 2. The van der Waals surface area contributed by atoms with E-state index in [0.29, 0.717) is 6.42 Å². The Morgan fingerprint density at radius 3 is 2.19 bits per heavy atom. The van der Waals surface area contributed by atoms with Crippen molar-refractivity contribution in [1.82, 2.24) is 5.32 Å². The first kappa shape index (κ1) is 14.9. The van der Waals surface area contributed by atoms with Gasteiger partial charge in [-0.3, -0.25) is 4.79 Å². The molecule has 1 unspecified atom stereocenters. The highest BCUT2D eigenvalue weighted by atomic mass is 16.4. The molecule has 4 nitrogen and oxygen atoms in total. The van der Waals surface area contributed by atoms with Crippen LogP contribution >= 0.6 is 0 Å². The van der Waals surface area contributed by atoms with Crippen LogP contribution in [-0.2, 0) is 9.59 Å². The molecule has 0 saturated carbocycles. The molecule has 2 N–H and O–H groups in total. The molecule has 0 aliphatic rings. The van der Waals surface area contributed by atoms with Crippen LogP contribution in [0.4, 0.5) is 0 Å². The zero-order valence-electron chi connectivity index (χ0n) is 10.5. The van der Waals surface area contributed by atoms with Crippen LogP contribution in [0.15, 0.2) is 0 Å². The highest BCUT2D eigenvalue weighted by Gasteiger charge is 2.22. The summed E-state index contributed by atoms with van der Waals surface area (Å²) in [6.07, 6.45) is 4.10. The Hall–Kier alpha value is -1.06. The molecule has 0 spiro atoms. The lowest BCUT2D eigenvalue weighted by molar-refractivity contribution is -0.142. The van der Waals surface area contributed by atoms with Crippen LogP contribution in [-0.4, -0.2) is 23.0 Å². The van der Waals surface area contributed by atoms with Crippen molar-refractivity contribution < 1.29 is 14.7 Å². The summed E-state index contributed by atoms with van der Waals surface area (Å²) in [4.78, 5) is 22.6. The Bertz CT molecular complexity index is 228. The molecular formula is C12H23NO3. The van der Waals surface area contributed by atoms with Crippen molar-refractivity contribution in [2.75, 3.05) is 0 Å². The number of amides is 1. The number of hydrogen-bond donors (Lipinski definition) is 2. The van der Waals surface area contributed by atoms with Gasteiger partial charge in [-0.25, -0.2) is 4.79 Å². The van der Waals surface area contributed by atoms with Gasteiger partial charge in [0.2, 0.25) is 5.91 Å². The van der Waals surface area contributed by atoms with Crippen molar-refractivity contribution in [1.29, 1.82) is 0 Å². The Kier molecular flexibility index (Phi) is 7.60. The molecule has 2 atom stereocenters. The summed E-state index contributed by atoms with van der Waals surface area (Å²) in [5, 5.41) is 11.4. The van der Waals surface area contributed by atoms with E-state index in [2.05, 4.69) is 12.2 Å². The number of rotatable bonds is 8. The third-order valence-electron chi connectivity index (χ3n) is 2.79. The van der Waals surface area contributed by atoms with Gasteiger partial charge in [-0.2, -0.15) is 0 Å². The first-order valence-corrected chi connectivity index (χ1v) is 6.09. The maximum Gasteiger partial charge on any atom is 0.326 e. The van der Waals surface area contributed by atoms with Gasteiger partial charge in [-0.05, 0) is 19.3 Å². The van der Waals surface area contributed by atoms with Gasteiger partial charge in [0, 0.05) is 5.92 Å². The van der Waals surface area contributed by atoms with Gasteiger partial charge in [0.25, 0.3) is 0 Å². The molecule has 0 radical (unpaired) electrons. The number of carboxylic acid groups (broad SMARTS) is 1. The highest BCUT2D eigenvalue weighted by Crippen LogP contribution is 2.13. The predicted molar refractivity (Wildman–Crippen MR) is 63.2 cm³/mol. The van der Waals surface area contributed by atoms with Crippen molar-refractivity contribution in [3.63, 3.8) is 0 Å². The summed E-state index contributed by atoms with van der Waals surface area (Å²) in [6, 6.07) is -0.747. The van der Waals surface area contributed by atoms with Crippen molar-refractivity contribution in [2.24, 2.45) is 5.92 Å². The highest BCUT2D eigenvalue weighted by molar-refractivity contribution is 5.84. The molecule has 0 aliphatic carbocycles. The number of carboxylic acids is 1. The zero-order valence-corrected chi connectivity index (χ0v) is 10.5. The Labute approximate surface area is 97.4 Å². The fraction of sp³-hybridized carbons (Fsp3) is 0.833. The van der Waals surface area contributed by atoms with Crippen molar-refractivity contribution in [2.45, 2.75) is 58.9 Å². The molecule has 0 rings (SSSR count). The van der Waals surface area contributed by atoms with Crippen LogP contribution < -0.4 is 5.32 Å². The largest absolute Gasteiger partial charge is 0.480 e. The minimum absolute atomic E-state index is 0.0478. The molecule has 16 heavy (non-hydrogen) atoms. The monoisotopic (exact) mass is 229 g/mol. The lowest BCUT2D eigenvalue weighted by atomic mass is 9.98. The molecule has 1 amide bonds. The smallest absolute Gasteiger partial charge is 0.326 e. The topological polar surface area (TPSA) is 66.4 Å². The second-order valence-corrected chi connectivity index (χ2v) is 4.06. The van der Waals surface area contributed by atoms with E-state index in [1.165, 1.54) is 0 Å². The average Bonchev–Trinajstić information content (AvgIpc) is 2.26. The maximum absolute atomic E-state index is 11.8. The predicted octanol–water partition coefficient (Wildman–Crippen LogP) is 2.18. The van der Waals surface area contributed by atoms with E-state index in [0.717, 1.165) is 25.7 Å². The van der Waals surface area contributed by atoms with Crippen LogP contribution in [0, 0.1) is 5.92 Å². The quantitative estimate of drug-likeness (QED) is 0.670. The van der Waals surface area contributed by atoms with E-state index in [1.54, 1.807) is 6.92 Å². The molecule has 0 saturated heterocycles. The molecule has 0 aromatic heterocycles. The molecule has 94 valence electrons. The van der Waals surface area contributed by atoms with Crippen LogP contribution in [0.1, 0.15) is 52.9 Å². The number of unbranched alkanes of at least 4 members (excludes halogenated alkanes) is 1. The fourth-order valence-electron chi connectivity index (χ4n) is 1.60. The third-order valence-corrected chi connectivity index (χ3v) is 2.79. The van der Waals surface area contributed by atoms with Crippen molar-refractivity contribution >= 4 is 11.9 Å². The van der Waals surface area contributed by atoms with E-state index in [4.69, 9.17) is 5.11 Å². The van der Waals surface area contributed by atoms with Crippen LogP contribution in [0.3, 0.4) is 0 Å². The van der Waals surface area contributed by atoms with Crippen molar-refractivity contribution in [3.05, 3.63) is 0 Å². The summed E-state index contributed by atoms with van der Waals surface area (Å²) < 4.78 is 0. The SMILES string of the molecule is CCCCC(CC)C(=O)N[C@@H](CC)C(=O)O. The van der Waals surface area contributed by atoms with E-state index in [9.17, 15) is 9.59 Å². The Morgan fingerprint density at radius 1 is 1.19 bits per heavy atom. The van der Waals surface area contributed by atoms with Gasteiger partial charge in [0.1, 0.15) is 6.04 Å². The van der Waals surface area contributed by atoms with Crippen molar-refractivity contribution in [3.8, 4) is 0 Å². The second-order valence-electron chi connectivity index (χ2n) is 4.06. The number of carbonyl (C=O) groups excluding carboxylic acids is 1. The molecule has 0 aromatic rings. The van der Waals surface area contributed by atoms with Gasteiger partial charge in [-0.1, -0.05) is 33.6 Å². The summed E-state index contributed by atoms with van der Waals surface area (Å²) in [6.45, 7) is 5.80. The van der Waals surface area contributed by atoms with E-state index in [1.807, 2.05) is 6.92 Å². The molecule has 0 bridgehead atoms. The van der Waals surface area contributed by atoms with E-state index >= 15 is 0 Å². The minimum Gasteiger partial charge on any atom is -0.480 e. The minimum atomic E-state index is -0.957. The second kappa shape index (κ2) is 8.13. The van der Waals surface area contributed by atoms with Crippen LogP contribution in [0.2, 0.25) is 0 Å². The van der Waals surface area contributed by atoms with E-state index in [-0.39, 0.29) is 11.8 Å².